The Morgan fingerprint density at radius 3 is 2.78 bits per heavy atom. The van der Waals surface area contributed by atoms with Gasteiger partial charge in [0.05, 0.1) is 18.8 Å². The van der Waals surface area contributed by atoms with E-state index in [-0.39, 0.29) is 0 Å². The van der Waals surface area contributed by atoms with Crippen molar-refractivity contribution in [2.45, 2.75) is 104 Å². The number of carbonyl (C=O) groups is 1. The summed E-state index contributed by atoms with van der Waals surface area (Å²) < 4.78 is 0. The second-order valence-corrected chi connectivity index (χ2v) is 10.5. The first-order chi connectivity index (χ1) is 15.7. The third kappa shape index (κ3) is 5.43. The van der Waals surface area contributed by atoms with Gasteiger partial charge in [-0.05, 0) is 62.5 Å². The van der Waals surface area contributed by atoms with E-state index in [9.17, 15) is 4.79 Å². The van der Waals surface area contributed by atoms with E-state index in [1.807, 2.05) is 12.8 Å². The van der Waals surface area contributed by atoms with Gasteiger partial charge in [-0.25, -0.2) is 0 Å². The predicted molar refractivity (Wildman–Crippen MR) is 136 cm³/mol. The number of para-hydroxylation sites is 1. The summed E-state index contributed by atoms with van der Waals surface area (Å²) in [5.41, 5.74) is 4.55. The minimum Gasteiger partial charge on any atom is -0.345 e. The number of unbranched alkanes of at least 4 members (excludes halogenated alkanes) is 2. The minimum atomic E-state index is 0.436. The Hall–Kier alpha value is -1.70. The van der Waals surface area contributed by atoms with Crippen molar-refractivity contribution in [3.8, 4) is 0 Å². The number of hydrogen-bond donors (Lipinski definition) is 0. The van der Waals surface area contributed by atoms with Crippen LogP contribution in [0.25, 0.3) is 0 Å². The van der Waals surface area contributed by atoms with Crippen LogP contribution in [0.2, 0.25) is 0 Å². The Morgan fingerprint density at radius 2 is 1.94 bits per heavy atom. The van der Waals surface area contributed by atoms with Gasteiger partial charge in [0.25, 0.3) is 0 Å². The molecule has 2 nitrogen and oxygen atoms in total. The lowest BCUT2D eigenvalue weighted by Crippen LogP contribution is -2.36. The molecule has 0 N–H and O–H groups in total. The monoisotopic (exact) mass is 434 g/mol. The molecule has 1 aromatic rings. The number of benzene rings is 1. The van der Waals surface area contributed by atoms with E-state index in [4.69, 9.17) is 0 Å². The van der Waals surface area contributed by atoms with Gasteiger partial charge in [0.2, 0.25) is 0 Å². The van der Waals surface area contributed by atoms with Gasteiger partial charge in [0.15, 0.2) is 0 Å². The maximum absolute atomic E-state index is 11.7. The number of anilines is 1. The van der Waals surface area contributed by atoms with Crippen LogP contribution in [-0.4, -0.2) is 12.3 Å². The molecule has 3 aliphatic rings. The maximum Gasteiger partial charge on any atom is 0.132 e. The van der Waals surface area contributed by atoms with Gasteiger partial charge in [0.1, 0.15) is 11.7 Å². The molecule has 1 aliphatic heterocycles. The summed E-state index contributed by atoms with van der Waals surface area (Å²) in [5.74, 6) is 4.74. The number of fused-ring (bicyclic) bond motifs is 2. The van der Waals surface area contributed by atoms with Crippen molar-refractivity contribution in [3.63, 3.8) is 0 Å². The fourth-order valence-electron chi connectivity index (χ4n) is 6.64. The fraction of sp³-hybridized carbons (Fsp3) is 0.667. The lowest BCUT2D eigenvalue weighted by atomic mass is 9.60. The Labute approximate surface area is 196 Å². The van der Waals surface area contributed by atoms with Crippen molar-refractivity contribution in [2.24, 2.45) is 17.8 Å². The molecule has 0 radical (unpaired) electrons. The summed E-state index contributed by atoms with van der Waals surface area (Å²) in [6.07, 6.45) is 19.7. The molecule has 0 aromatic heterocycles. The quantitative estimate of drug-likeness (QED) is 0.274. The molecule has 1 aromatic carbocycles. The molecule has 2 heteroatoms. The lowest BCUT2D eigenvalue weighted by Gasteiger charge is -2.39. The molecular weight excluding hydrogens is 390 g/mol. The van der Waals surface area contributed by atoms with Crippen LogP contribution >= 0.6 is 0 Å². The van der Waals surface area contributed by atoms with Gasteiger partial charge >= 0.3 is 0 Å². The van der Waals surface area contributed by atoms with E-state index >= 15 is 0 Å². The average molecular weight is 435 g/mol. The molecule has 3 unspecified atom stereocenters. The van der Waals surface area contributed by atoms with Crippen LogP contribution in [-0.2, 0) is 11.2 Å². The zero-order valence-corrected chi connectivity index (χ0v) is 20.6. The third-order valence-corrected chi connectivity index (χ3v) is 8.43. The lowest BCUT2D eigenvalue weighted by molar-refractivity contribution is -0.118. The molecular formula is C30H44NO+. The van der Waals surface area contributed by atoms with E-state index in [1.54, 1.807) is 5.70 Å². The van der Waals surface area contributed by atoms with Crippen molar-refractivity contribution in [3.05, 3.63) is 47.5 Å². The number of nitrogens with zero attached hydrogens (tertiary/aromatic N) is 1. The highest BCUT2D eigenvalue weighted by Crippen LogP contribution is 2.50. The number of allylic oxidation sites excluding steroid dienone is 2. The second kappa shape index (κ2) is 11.4. The highest BCUT2D eigenvalue weighted by molar-refractivity contribution is 5.77. The summed E-state index contributed by atoms with van der Waals surface area (Å²) in [6.45, 7) is 5.45. The highest BCUT2D eigenvalue weighted by Gasteiger charge is 2.47. The number of rotatable bonds is 10. The second-order valence-electron chi connectivity index (χ2n) is 10.5. The van der Waals surface area contributed by atoms with Crippen molar-refractivity contribution < 1.29 is 4.79 Å². The molecule has 0 spiro atoms. The molecule has 32 heavy (non-hydrogen) atoms. The van der Waals surface area contributed by atoms with Gasteiger partial charge in [-0.15, -0.1) is 0 Å². The van der Waals surface area contributed by atoms with Gasteiger partial charge in [0, 0.05) is 43.1 Å². The van der Waals surface area contributed by atoms with E-state index in [2.05, 4.69) is 42.2 Å². The molecule has 174 valence electrons. The zero-order valence-electron chi connectivity index (χ0n) is 20.6. The summed E-state index contributed by atoms with van der Waals surface area (Å²) >= 11 is 0. The van der Waals surface area contributed by atoms with Crippen LogP contribution < -0.4 is 4.90 Å². The average Bonchev–Trinajstić information content (AvgIpc) is 3.18. The van der Waals surface area contributed by atoms with Crippen LogP contribution in [0.1, 0.15) is 103 Å². The number of Topliss-reactive ketones (excluding diaryl/α,β-unsaturated/α-hetero) is 1. The molecule has 4 rings (SSSR count). The standard InChI is InChI=1S/C30H44NO/c1-3-5-20-31-26(22-25-13-7-11-17-30(25)31)21-24-19-18-23(12-6-8-14-27(32)4-2)28-15-9-10-16-29(24)28/h7,11,13,17,21,24,28-29H,3-6,8-10,12,14-16,18-20,22H2,1-2H3/q+1/b26-21+. The van der Waals surface area contributed by atoms with Crippen LogP contribution in [0.15, 0.2) is 36.0 Å². The summed E-state index contributed by atoms with van der Waals surface area (Å²) in [4.78, 5) is 14.3. The van der Waals surface area contributed by atoms with E-state index in [1.165, 1.54) is 75.5 Å². The molecule has 3 atom stereocenters. The fourth-order valence-corrected chi connectivity index (χ4v) is 6.64. The highest BCUT2D eigenvalue weighted by atomic mass is 16.1. The molecule has 0 saturated heterocycles. The summed E-state index contributed by atoms with van der Waals surface area (Å²) in [7, 11) is 0. The smallest absolute Gasteiger partial charge is 0.132 e. The van der Waals surface area contributed by atoms with Crippen molar-refractivity contribution in [1.82, 2.24) is 0 Å². The van der Waals surface area contributed by atoms with Crippen LogP contribution in [0.4, 0.5) is 5.69 Å². The number of ketones is 1. The first kappa shape index (κ1) is 23.5. The maximum atomic E-state index is 11.7. The Balaban J connectivity index is 1.43. The van der Waals surface area contributed by atoms with E-state index in [0.29, 0.717) is 12.2 Å². The van der Waals surface area contributed by atoms with Crippen molar-refractivity contribution in [1.29, 1.82) is 0 Å². The van der Waals surface area contributed by atoms with E-state index in [0.717, 1.165) is 43.6 Å². The van der Waals surface area contributed by atoms with Crippen molar-refractivity contribution in [2.75, 3.05) is 11.4 Å². The van der Waals surface area contributed by atoms with E-state index < -0.39 is 0 Å². The van der Waals surface area contributed by atoms with Crippen molar-refractivity contribution >= 4 is 11.5 Å². The minimum absolute atomic E-state index is 0.436. The molecule has 2 saturated carbocycles. The molecule has 0 amide bonds. The van der Waals surface area contributed by atoms with Gasteiger partial charge < -0.3 is 4.90 Å². The van der Waals surface area contributed by atoms with Crippen LogP contribution in [0, 0.1) is 23.7 Å². The molecule has 0 bridgehead atoms. The molecule has 2 aliphatic carbocycles. The van der Waals surface area contributed by atoms with Crippen LogP contribution in [0.5, 0.6) is 0 Å². The Bertz CT molecular complexity index is 781. The summed E-state index contributed by atoms with van der Waals surface area (Å²) in [6, 6.07) is 9.06. The predicted octanol–water partition coefficient (Wildman–Crippen LogP) is 8.06. The first-order valence-electron chi connectivity index (χ1n) is 13.6. The van der Waals surface area contributed by atoms with Gasteiger partial charge in [-0.3, -0.25) is 4.79 Å². The van der Waals surface area contributed by atoms with Crippen LogP contribution in [0.3, 0.4) is 0 Å². The van der Waals surface area contributed by atoms with Gasteiger partial charge in [-0.1, -0.05) is 51.0 Å². The first-order valence-corrected chi connectivity index (χ1v) is 13.6. The zero-order chi connectivity index (χ0) is 22.3. The number of hydrogen-bond acceptors (Lipinski definition) is 2. The number of carbonyl (C=O) groups excluding carboxylic acids is 1. The summed E-state index contributed by atoms with van der Waals surface area (Å²) in [5, 5.41) is 0. The topological polar surface area (TPSA) is 20.3 Å². The third-order valence-electron chi connectivity index (χ3n) is 8.43. The normalized spacial score (nSPS) is 26.3. The SMILES string of the molecule is CCCCN1/C(=C/C2CC[C+](CCCCC(=O)CC)C3CCCCC23)Cc2ccccc21. The molecule has 2 fully saturated rings. The molecule has 1 heterocycles. The Kier molecular flexibility index (Phi) is 8.38. The van der Waals surface area contributed by atoms with Gasteiger partial charge in [-0.2, -0.15) is 0 Å². The Morgan fingerprint density at radius 1 is 1.09 bits per heavy atom. The largest absolute Gasteiger partial charge is 0.345 e.